The molecule has 0 amide bonds. The van der Waals surface area contributed by atoms with E-state index < -0.39 is 5.97 Å². The van der Waals surface area contributed by atoms with Crippen LogP contribution in [0.1, 0.15) is 29.3 Å². The van der Waals surface area contributed by atoms with Gasteiger partial charge in [-0.15, -0.1) is 0 Å². The van der Waals surface area contributed by atoms with Crippen molar-refractivity contribution in [3.63, 3.8) is 0 Å². The number of carboxylic acids is 1. The highest BCUT2D eigenvalue weighted by Gasteiger charge is 2.17. The quantitative estimate of drug-likeness (QED) is 0.831. The summed E-state index contributed by atoms with van der Waals surface area (Å²) in [5.74, 6) is 0.509. The van der Waals surface area contributed by atoms with Gasteiger partial charge in [-0.05, 0) is 36.2 Å². The Hall–Kier alpha value is -2.69. The molecule has 2 aromatic rings. The minimum Gasteiger partial charge on any atom is -0.493 e. The molecule has 0 unspecified atom stereocenters. The van der Waals surface area contributed by atoms with Crippen LogP contribution in [-0.4, -0.2) is 25.3 Å². The van der Waals surface area contributed by atoms with E-state index in [4.69, 9.17) is 14.2 Å². The summed E-state index contributed by atoms with van der Waals surface area (Å²) in [6.07, 6.45) is 2.08. The van der Waals surface area contributed by atoms with E-state index in [0.29, 0.717) is 23.0 Å². The Balaban J connectivity index is 2.36. The summed E-state index contributed by atoms with van der Waals surface area (Å²) in [7, 11) is 2.93. The summed E-state index contributed by atoms with van der Waals surface area (Å²) < 4.78 is 16.3. The SMILES string of the molecule is CCCc1ccc(Oc2cc(C(=O)O)cc(OC)c2OC)cc1. The van der Waals surface area contributed by atoms with Crippen molar-refractivity contribution in [2.75, 3.05) is 14.2 Å². The van der Waals surface area contributed by atoms with Crippen molar-refractivity contribution in [3.8, 4) is 23.0 Å². The third-order valence-electron chi connectivity index (χ3n) is 3.38. The van der Waals surface area contributed by atoms with Gasteiger partial charge in [0.25, 0.3) is 0 Å². The van der Waals surface area contributed by atoms with E-state index in [1.807, 2.05) is 24.3 Å². The molecule has 5 heteroatoms. The van der Waals surface area contributed by atoms with Gasteiger partial charge < -0.3 is 19.3 Å². The zero-order valence-electron chi connectivity index (χ0n) is 13.5. The number of ether oxygens (including phenoxy) is 3. The number of methoxy groups -OCH3 is 2. The van der Waals surface area contributed by atoms with Crippen molar-refractivity contribution in [2.24, 2.45) is 0 Å². The van der Waals surface area contributed by atoms with E-state index in [-0.39, 0.29) is 5.56 Å². The van der Waals surface area contributed by atoms with Gasteiger partial charge in [0, 0.05) is 0 Å². The van der Waals surface area contributed by atoms with Crippen LogP contribution in [0, 0.1) is 0 Å². The first-order valence-electron chi connectivity index (χ1n) is 7.35. The molecule has 0 saturated carbocycles. The van der Waals surface area contributed by atoms with Crippen molar-refractivity contribution in [1.82, 2.24) is 0 Å². The van der Waals surface area contributed by atoms with Crippen LogP contribution in [0.2, 0.25) is 0 Å². The molecular weight excluding hydrogens is 296 g/mol. The highest BCUT2D eigenvalue weighted by molar-refractivity contribution is 5.89. The minimum atomic E-state index is -1.06. The second kappa shape index (κ2) is 7.54. The Bertz CT molecular complexity index is 677. The molecule has 0 aliphatic carbocycles. The van der Waals surface area contributed by atoms with Crippen LogP contribution in [0.4, 0.5) is 0 Å². The molecule has 0 bridgehead atoms. The smallest absolute Gasteiger partial charge is 0.335 e. The highest BCUT2D eigenvalue weighted by Crippen LogP contribution is 2.40. The molecule has 0 heterocycles. The molecule has 0 saturated heterocycles. The van der Waals surface area contributed by atoms with E-state index in [1.165, 1.54) is 31.9 Å². The lowest BCUT2D eigenvalue weighted by Crippen LogP contribution is -2.01. The molecule has 0 radical (unpaired) electrons. The predicted molar refractivity (Wildman–Crippen MR) is 87.0 cm³/mol. The lowest BCUT2D eigenvalue weighted by molar-refractivity contribution is 0.0696. The van der Waals surface area contributed by atoms with E-state index in [0.717, 1.165) is 12.8 Å². The lowest BCUT2D eigenvalue weighted by atomic mass is 10.1. The molecule has 23 heavy (non-hydrogen) atoms. The first kappa shape index (κ1) is 16.7. The van der Waals surface area contributed by atoms with E-state index in [9.17, 15) is 9.90 Å². The van der Waals surface area contributed by atoms with Gasteiger partial charge in [0.1, 0.15) is 5.75 Å². The van der Waals surface area contributed by atoms with Crippen LogP contribution in [-0.2, 0) is 6.42 Å². The van der Waals surface area contributed by atoms with E-state index in [1.54, 1.807) is 0 Å². The fourth-order valence-corrected chi connectivity index (χ4v) is 2.27. The van der Waals surface area contributed by atoms with Gasteiger partial charge in [0.05, 0.1) is 19.8 Å². The summed E-state index contributed by atoms with van der Waals surface area (Å²) in [6, 6.07) is 10.5. The van der Waals surface area contributed by atoms with E-state index in [2.05, 4.69) is 6.92 Å². The normalized spacial score (nSPS) is 10.2. The second-order valence-corrected chi connectivity index (χ2v) is 5.01. The number of carboxylic acid groups (broad SMARTS) is 1. The highest BCUT2D eigenvalue weighted by atomic mass is 16.5. The summed E-state index contributed by atoms with van der Waals surface area (Å²) in [6.45, 7) is 2.12. The maximum atomic E-state index is 11.2. The molecule has 0 aromatic heterocycles. The average Bonchev–Trinajstić information content (AvgIpc) is 2.56. The third-order valence-corrected chi connectivity index (χ3v) is 3.38. The lowest BCUT2D eigenvalue weighted by Gasteiger charge is -2.14. The van der Waals surface area contributed by atoms with Crippen LogP contribution in [0.25, 0.3) is 0 Å². The molecule has 2 aromatic carbocycles. The van der Waals surface area contributed by atoms with Crippen molar-refractivity contribution in [2.45, 2.75) is 19.8 Å². The molecule has 1 N–H and O–H groups in total. The Kier molecular flexibility index (Phi) is 5.46. The first-order chi connectivity index (χ1) is 11.1. The van der Waals surface area contributed by atoms with Gasteiger partial charge in [0.2, 0.25) is 5.75 Å². The molecule has 122 valence electrons. The van der Waals surface area contributed by atoms with Gasteiger partial charge in [-0.3, -0.25) is 0 Å². The molecular formula is C18H20O5. The maximum absolute atomic E-state index is 11.2. The van der Waals surface area contributed by atoms with Gasteiger partial charge in [-0.1, -0.05) is 25.5 Å². The number of aromatic carboxylic acids is 1. The number of rotatable bonds is 7. The number of carbonyl (C=O) groups is 1. The Morgan fingerprint density at radius 3 is 2.22 bits per heavy atom. The van der Waals surface area contributed by atoms with Crippen molar-refractivity contribution in [1.29, 1.82) is 0 Å². The Morgan fingerprint density at radius 2 is 1.70 bits per heavy atom. The predicted octanol–water partition coefficient (Wildman–Crippen LogP) is 4.15. The fourth-order valence-electron chi connectivity index (χ4n) is 2.27. The van der Waals surface area contributed by atoms with E-state index >= 15 is 0 Å². The first-order valence-corrected chi connectivity index (χ1v) is 7.35. The van der Waals surface area contributed by atoms with Crippen LogP contribution in [0.15, 0.2) is 36.4 Å². The molecule has 0 aliphatic heterocycles. The van der Waals surface area contributed by atoms with Gasteiger partial charge >= 0.3 is 5.97 Å². The topological polar surface area (TPSA) is 65.0 Å². The summed E-state index contributed by atoms with van der Waals surface area (Å²) in [5, 5.41) is 9.20. The van der Waals surface area contributed by atoms with Crippen LogP contribution >= 0.6 is 0 Å². The number of hydrogen-bond donors (Lipinski definition) is 1. The largest absolute Gasteiger partial charge is 0.493 e. The van der Waals surface area contributed by atoms with Gasteiger partial charge in [0.15, 0.2) is 11.5 Å². The molecule has 0 atom stereocenters. The van der Waals surface area contributed by atoms with Crippen molar-refractivity contribution in [3.05, 3.63) is 47.5 Å². The summed E-state index contributed by atoms with van der Waals surface area (Å²) in [5.41, 5.74) is 1.30. The van der Waals surface area contributed by atoms with Crippen molar-refractivity contribution >= 4 is 5.97 Å². The zero-order chi connectivity index (χ0) is 16.8. The summed E-state index contributed by atoms with van der Waals surface area (Å²) in [4.78, 5) is 11.2. The van der Waals surface area contributed by atoms with Crippen molar-refractivity contribution < 1.29 is 24.1 Å². The van der Waals surface area contributed by atoms with Gasteiger partial charge in [-0.2, -0.15) is 0 Å². The average molecular weight is 316 g/mol. The standard InChI is InChI=1S/C18H20O5/c1-4-5-12-6-8-14(9-7-12)23-16-11-13(18(19)20)10-15(21-2)17(16)22-3/h6-11H,4-5H2,1-3H3,(H,19,20). The summed E-state index contributed by atoms with van der Waals surface area (Å²) >= 11 is 0. The molecule has 2 rings (SSSR count). The number of aryl methyl sites for hydroxylation is 1. The van der Waals surface area contributed by atoms with Crippen LogP contribution < -0.4 is 14.2 Å². The third kappa shape index (κ3) is 3.94. The molecule has 5 nitrogen and oxygen atoms in total. The van der Waals surface area contributed by atoms with Gasteiger partial charge in [-0.25, -0.2) is 4.79 Å². The fraction of sp³-hybridized carbons (Fsp3) is 0.278. The number of benzene rings is 2. The zero-order valence-corrected chi connectivity index (χ0v) is 13.5. The monoisotopic (exact) mass is 316 g/mol. The Morgan fingerprint density at radius 1 is 1.04 bits per heavy atom. The Labute approximate surface area is 135 Å². The number of hydrogen-bond acceptors (Lipinski definition) is 4. The maximum Gasteiger partial charge on any atom is 0.335 e. The molecule has 0 aliphatic rings. The minimum absolute atomic E-state index is 0.0697. The molecule has 0 fully saturated rings. The van der Waals surface area contributed by atoms with Crippen LogP contribution in [0.5, 0.6) is 23.0 Å². The van der Waals surface area contributed by atoms with Crippen LogP contribution in [0.3, 0.4) is 0 Å². The second-order valence-electron chi connectivity index (χ2n) is 5.01. The molecule has 0 spiro atoms.